The van der Waals surface area contributed by atoms with Gasteiger partial charge in [-0.15, -0.1) is 0 Å². The Balaban J connectivity index is 3.06. The summed E-state index contributed by atoms with van der Waals surface area (Å²) in [5.41, 5.74) is 0.340. The van der Waals surface area contributed by atoms with Crippen molar-refractivity contribution in [1.29, 1.82) is 0 Å². The molecule has 0 saturated heterocycles. The van der Waals surface area contributed by atoms with Gasteiger partial charge in [0, 0.05) is 11.8 Å². The zero-order valence-electron chi connectivity index (χ0n) is 5.28. The van der Waals surface area contributed by atoms with Crippen LogP contribution in [0, 0.1) is 0 Å². The summed E-state index contributed by atoms with van der Waals surface area (Å²) >= 11 is 5.60. The first-order valence-electron chi connectivity index (χ1n) is 2.86. The summed E-state index contributed by atoms with van der Waals surface area (Å²) in [6, 6.07) is 0. The summed E-state index contributed by atoms with van der Waals surface area (Å²) in [5, 5.41) is 0. The van der Waals surface area contributed by atoms with E-state index < -0.39 is 0 Å². The van der Waals surface area contributed by atoms with Crippen LogP contribution in [0.3, 0.4) is 0 Å². The number of H-pyrrole nitrogens is 1. The van der Waals surface area contributed by atoms with Gasteiger partial charge in [-0.1, -0.05) is 0 Å². The molecule has 0 radical (unpaired) electrons. The molecule has 0 spiro atoms. The van der Waals surface area contributed by atoms with Crippen LogP contribution < -0.4 is 5.56 Å². The van der Waals surface area contributed by atoms with Gasteiger partial charge in [-0.25, -0.2) is 9.07 Å². The first-order valence-corrected chi connectivity index (χ1v) is 3.20. The van der Waals surface area contributed by atoms with Gasteiger partial charge in [0.2, 0.25) is 0 Å². The fourth-order valence-corrected chi connectivity index (χ4v) is 1.00. The molecule has 2 aromatic heterocycles. The van der Waals surface area contributed by atoms with E-state index in [0.717, 1.165) is 0 Å². The molecule has 6 heteroatoms. The van der Waals surface area contributed by atoms with Gasteiger partial charge >= 0.3 is 5.56 Å². The monoisotopic (exact) mass is 170 g/mol. The maximum atomic E-state index is 10.9. The van der Waals surface area contributed by atoms with E-state index in [0.29, 0.717) is 5.65 Å². The maximum Gasteiger partial charge on any atom is 0.300 e. The van der Waals surface area contributed by atoms with E-state index in [2.05, 4.69) is 15.0 Å². The lowest BCUT2D eigenvalue weighted by molar-refractivity contribution is 1.14. The summed E-state index contributed by atoms with van der Waals surface area (Å²) < 4.78 is 1.21. The minimum absolute atomic E-state index is 0.252. The van der Waals surface area contributed by atoms with Crippen molar-refractivity contribution >= 4 is 22.9 Å². The highest BCUT2D eigenvalue weighted by molar-refractivity contribution is 6.18. The normalized spacial score (nSPS) is 10.6. The van der Waals surface area contributed by atoms with Crippen molar-refractivity contribution in [3.05, 3.63) is 23.0 Å². The van der Waals surface area contributed by atoms with Gasteiger partial charge in [0.15, 0.2) is 11.2 Å². The zero-order valence-corrected chi connectivity index (χ0v) is 6.04. The standard InChI is InChI=1S/C5H3ClN4O/c6-10-2-9-3-4(10)7-1-8-5(3)11/h1-2H,(H,7,8,11). The average molecular weight is 171 g/mol. The molecule has 0 aliphatic heterocycles. The molecule has 2 rings (SSSR count). The summed E-state index contributed by atoms with van der Waals surface area (Å²) in [7, 11) is 0. The van der Waals surface area contributed by atoms with Crippen molar-refractivity contribution < 1.29 is 0 Å². The van der Waals surface area contributed by atoms with Crippen LogP contribution in [0.25, 0.3) is 11.2 Å². The Morgan fingerprint density at radius 3 is 3.09 bits per heavy atom. The largest absolute Gasteiger partial charge is 0.329 e. The van der Waals surface area contributed by atoms with Crippen LogP contribution in [0.1, 0.15) is 0 Å². The summed E-state index contributed by atoms with van der Waals surface area (Å²) in [4.78, 5) is 20.8. The number of hydrogen-bond acceptors (Lipinski definition) is 3. The fourth-order valence-electron chi connectivity index (χ4n) is 0.828. The molecule has 11 heavy (non-hydrogen) atoms. The lowest BCUT2D eigenvalue weighted by atomic mass is 10.6. The Morgan fingerprint density at radius 1 is 1.55 bits per heavy atom. The predicted molar refractivity (Wildman–Crippen MR) is 39.4 cm³/mol. The van der Waals surface area contributed by atoms with E-state index in [1.54, 1.807) is 0 Å². The fraction of sp³-hybridized carbons (Fsp3) is 0. The summed E-state index contributed by atoms with van der Waals surface area (Å²) in [5.74, 6) is 0. The van der Waals surface area contributed by atoms with E-state index in [9.17, 15) is 4.79 Å². The molecule has 0 fully saturated rings. The van der Waals surface area contributed by atoms with Crippen molar-refractivity contribution in [2.45, 2.75) is 0 Å². The van der Waals surface area contributed by atoms with Gasteiger partial charge in [-0.05, 0) is 0 Å². The zero-order chi connectivity index (χ0) is 7.84. The van der Waals surface area contributed by atoms with Gasteiger partial charge < -0.3 is 4.98 Å². The molecule has 0 saturated carbocycles. The van der Waals surface area contributed by atoms with E-state index in [1.165, 1.54) is 16.7 Å². The Hall–Kier alpha value is -1.36. The molecule has 0 bridgehead atoms. The number of halogens is 1. The van der Waals surface area contributed by atoms with Gasteiger partial charge in [-0.3, -0.25) is 4.79 Å². The van der Waals surface area contributed by atoms with Crippen molar-refractivity contribution in [3.8, 4) is 0 Å². The van der Waals surface area contributed by atoms with Crippen molar-refractivity contribution in [3.63, 3.8) is 0 Å². The van der Waals surface area contributed by atoms with Crippen LogP contribution in [-0.2, 0) is 0 Å². The van der Waals surface area contributed by atoms with Crippen LogP contribution in [-0.4, -0.2) is 19.0 Å². The van der Waals surface area contributed by atoms with E-state index in [1.807, 2.05) is 0 Å². The van der Waals surface area contributed by atoms with Crippen molar-refractivity contribution in [2.24, 2.45) is 0 Å². The third kappa shape index (κ3) is 0.813. The highest BCUT2D eigenvalue weighted by Crippen LogP contribution is 2.03. The lowest BCUT2D eigenvalue weighted by Crippen LogP contribution is -2.06. The van der Waals surface area contributed by atoms with Gasteiger partial charge in [0.25, 0.3) is 0 Å². The Morgan fingerprint density at radius 2 is 2.36 bits per heavy atom. The number of aromatic amines is 1. The molecule has 5 nitrogen and oxygen atoms in total. The molecule has 0 unspecified atom stereocenters. The molecule has 0 aliphatic carbocycles. The molecule has 2 aromatic rings. The third-order valence-electron chi connectivity index (χ3n) is 1.31. The Kier molecular flexibility index (Phi) is 1.19. The molecule has 0 amide bonds. The van der Waals surface area contributed by atoms with Gasteiger partial charge in [-0.2, -0.15) is 4.98 Å². The number of imidazole rings is 1. The minimum Gasteiger partial charge on any atom is -0.329 e. The minimum atomic E-state index is -0.377. The second-order valence-electron chi connectivity index (χ2n) is 1.96. The maximum absolute atomic E-state index is 10.9. The number of hydrogen-bond donors (Lipinski definition) is 1. The summed E-state index contributed by atoms with van der Waals surface area (Å²) in [6.07, 6.45) is 2.62. The number of nitrogens with zero attached hydrogens (tertiary/aromatic N) is 3. The third-order valence-corrected chi connectivity index (χ3v) is 1.57. The first-order chi connectivity index (χ1) is 5.29. The summed E-state index contributed by atoms with van der Waals surface area (Å²) in [6.45, 7) is 0. The van der Waals surface area contributed by atoms with Crippen LogP contribution in [0.15, 0.2) is 17.4 Å². The molecular weight excluding hydrogens is 168 g/mol. The quantitative estimate of drug-likeness (QED) is 0.611. The number of rotatable bonds is 0. The van der Waals surface area contributed by atoms with Gasteiger partial charge in [0.1, 0.15) is 6.33 Å². The highest BCUT2D eigenvalue weighted by Gasteiger charge is 2.03. The number of fused-ring (bicyclic) bond motifs is 1. The van der Waals surface area contributed by atoms with E-state index in [-0.39, 0.29) is 11.1 Å². The molecule has 0 atom stereocenters. The van der Waals surface area contributed by atoms with Crippen LogP contribution in [0.4, 0.5) is 0 Å². The van der Waals surface area contributed by atoms with Gasteiger partial charge in [0.05, 0.1) is 6.33 Å². The lowest BCUT2D eigenvalue weighted by Gasteiger charge is -1.87. The smallest absolute Gasteiger partial charge is 0.300 e. The molecule has 0 aromatic carbocycles. The number of aromatic nitrogens is 4. The topological polar surface area (TPSA) is 63.6 Å². The van der Waals surface area contributed by atoms with Crippen LogP contribution in [0.2, 0.25) is 0 Å². The average Bonchev–Trinajstić information content (AvgIpc) is 2.35. The SMILES string of the molecule is O=c1nc[nH]c2c1ncn2Cl. The Bertz CT molecular complexity index is 445. The van der Waals surface area contributed by atoms with Crippen molar-refractivity contribution in [1.82, 2.24) is 19.0 Å². The van der Waals surface area contributed by atoms with Crippen molar-refractivity contribution in [2.75, 3.05) is 0 Å². The van der Waals surface area contributed by atoms with E-state index in [4.69, 9.17) is 11.8 Å². The number of nitrogens with one attached hydrogen (secondary N) is 1. The highest BCUT2D eigenvalue weighted by atomic mass is 35.5. The molecular formula is C5H3ClN4O. The first kappa shape index (κ1) is 6.36. The second kappa shape index (κ2) is 2.06. The molecule has 2 heterocycles. The van der Waals surface area contributed by atoms with Crippen LogP contribution >= 0.6 is 11.8 Å². The molecule has 0 aliphatic rings. The molecule has 56 valence electrons. The van der Waals surface area contributed by atoms with Crippen LogP contribution in [0.5, 0.6) is 0 Å². The molecule has 1 N–H and O–H groups in total. The second-order valence-corrected chi connectivity index (χ2v) is 2.32. The Labute approximate surface area is 65.8 Å². The van der Waals surface area contributed by atoms with E-state index >= 15 is 0 Å². The predicted octanol–water partition coefficient (Wildman–Crippen LogP) is 0.121.